The second-order valence-electron chi connectivity index (χ2n) is 4.97. The molecule has 2 aromatic heterocycles. The number of rotatable bonds is 3. The first-order valence-electron chi connectivity index (χ1n) is 7.08. The summed E-state index contributed by atoms with van der Waals surface area (Å²) >= 11 is 7.56. The number of aromatic nitrogens is 2. The lowest BCUT2D eigenvalue weighted by molar-refractivity contribution is 0.522. The van der Waals surface area contributed by atoms with Crippen LogP contribution in [0.5, 0.6) is 0 Å². The molecule has 0 atom stereocenters. The van der Waals surface area contributed by atoms with E-state index in [1.165, 1.54) is 11.3 Å². The van der Waals surface area contributed by atoms with E-state index in [-0.39, 0.29) is 6.01 Å². The predicted molar refractivity (Wildman–Crippen MR) is 96.1 cm³/mol. The highest BCUT2D eigenvalue weighted by Crippen LogP contribution is 2.31. The summed E-state index contributed by atoms with van der Waals surface area (Å²) in [4.78, 5) is 20.7. The smallest absolute Gasteiger partial charge is 0.348 e. The van der Waals surface area contributed by atoms with Crippen molar-refractivity contribution in [2.45, 2.75) is 0 Å². The molecule has 0 bridgehead atoms. The van der Waals surface area contributed by atoms with E-state index in [2.05, 4.69) is 15.3 Å². The molecule has 0 spiro atoms. The van der Waals surface area contributed by atoms with Crippen LogP contribution in [0.2, 0.25) is 5.02 Å². The normalized spacial score (nSPS) is 10.9. The van der Waals surface area contributed by atoms with E-state index in [1.807, 2.05) is 35.7 Å². The number of halogens is 1. The number of para-hydroxylation sites is 1. The van der Waals surface area contributed by atoms with Crippen LogP contribution in [-0.4, -0.2) is 9.97 Å². The minimum absolute atomic E-state index is 0.110. The van der Waals surface area contributed by atoms with Gasteiger partial charge in [-0.2, -0.15) is 4.98 Å². The van der Waals surface area contributed by atoms with Crippen LogP contribution in [0, 0.1) is 0 Å². The fourth-order valence-corrected chi connectivity index (χ4v) is 3.22. The summed E-state index contributed by atoms with van der Waals surface area (Å²) in [6.45, 7) is 0. The molecule has 0 fully saturated rings. The van der Waals surface area contributed by atoms with Crippen molar-refractivity contribution in [2.24, 2.45) is 0 Å². The van der Waals surface area contributed by atoms with Gasteiger partial charge in [-0.1, -0.05) is 41.9 Å². The number of anilines is 2. The Morgan fingerprint density at radius 3 is 2.71 bits per heavy atom. The van der Waals surface area contributed by atoms with Gasteiger partial charge in [-0.15, -0.1) is 11.3 Å². The minimum atomic E-state index is -0.439. The van der Waals surface area contributed by atoms with Crippen molar-refractivity contribution in [3.05, 3.63) is 69.4 Å². The highest BCUT2D eigenvalue weighted by Gasteiger charge is 2.10. The molecule has 4 rings (SSSR count). The second-order valence-corrected chi connectivity index (χ2v) is 6.23. The highest BCUT2D eigenvalue weighted by atomic mass is 35.5. The average Bonchev–Trinajstić information content (AvgIpc) is 3.03. The molecule has 0 saturated carbocycles. The van der Waals surface area contributed by atoms with Gasteiger partial charge in [0.05, 0.1) is 16.6 Å². The monoisotopic (exact) mass is 355 g/mol. The zero-order valence-corrected chi connectivity index (χ0v) is 13.8. The summed E-state index contributed by atoms with van der Waals surface area (Å²) in [5.74, 6) is 0. The van der Waals surface area contributed by atoms with Gasteiger partial charge in [0.1, 0.15) is 0 Å². The van der Waals surface area contributed by atoms with Crippen LogP contribution in [-0.2, 0) is 0 Å². The largest absolute Gasteiger partial charge is 0.388 e. The van der Waals surface area contributed by atoms with Crippen molar-refractivity contribution < 1.29 is 4.42 Å². The fourth-order valence-electron chi connectivity index (χ4n) is 2.29. The molecule has 118 valence electrons. The van der Waals surface area contributed by atoms with Crippen molar-refractivity contribution in [3.8, 4) is 11.3 Å². The third-order valence-corrected chi connectivity index (χ3v) is 4.49. The number of nitrogens with zero attached hydrogens (tertiary/aromatic N) is 2. The Morgan fingerprint density at radius 2 is 1.83 bits per heavy atom. The van der Waals surface area contributed by atoms with E-state index in [0.717, 1.165) is 11.3 Å². The van der Waals surface area contributed by atoms with Crippen molar-refractivity contribution in [1.82, 2.24) is 9.97 Å². The van der Waals surface area contributed by atoms with Crippen LogP contribution in [0.4, 0.5) is 11.1 Å². The van der Waals surface area contributed by atoms with Gasteiger partial charge >= 0.3 is 11.6 Å². The SMILES string of the molecule is O=c1oc(Nc2nc(-c3ccccc3Cl)cs2)nc2ccccc12. The van der Waals surface area contributed by atoms with Crippen molar-refractivity contribution in [1.29, 1.82) is 0 Å². The zero-order valence-electron chi connectivity index (χ0n) is 12.2. The molecule has 4 aromatic rings. The van der Waals surface area contributed by atoms with Gasteiger partial charge in [0.15, 0.2) is 5.13 Å². The molecule has 0 unspecified atom stereocenters. The number of thiazole rings is 1. The van der Waals surface area contributed by atoms with Gasteiger partial charge in [0.25, 0.3) is 0 Å². The first-order valence-corrected chi connectivity index (χ1v) is 8.34. The summed E-state index contributed by atoms with van der Waals surface area (Å²) in [6.07, 6.45) is 0. The Bertz CT molecular complexity index is 1090. The van der Waals surface area contributed by atoms with Crippen molar-refractivity contribution in [2.75, 3.05) is 5.32 Å². The molecule has 0 aliphatic heterocycles. The lowest BCUT2D eigenvalue weighted by Gasteiger charge is -2.02. The molecule has 7 heteroatoms. The third kappa shape index (κ3) is 2.77. The summed E-state index contributed by atoms with van der Waals surface area (Å²) in [7, 11) is 0. The van der Waals surface area contributed by atoms with Crippen molar-refractivity contribution >= 4 is 45.0 Å². The molecule has 0 aliphatic carbocycles. The summed E-state index contributed by atoms with van der Waals surface area (Å²) in [6, 6.07) is 14.6. The maximum atomic E-state index is 12.0. The van der Waals surface area contributed by atoms with E-state index in [4.69, 9.17) is 16.0 Å². The van der Waals surface area contributed by atoms with Crippen LogP contribution in [0.3, 0.4) is 0 Å². The Labute approximate surface area is 145 Å². The van der Waals surface area contributed by atoms with Crippen LogP contribution in [0.1, 0.15) is 0 Å². The molecule has 0 aliphatic rings. The molecular formula is C17H10ClN3O2S. The third-order valence-electron chi connectivity index (χ3n) is 3.40. The van der Waals surface area contributed by atoms with E-state index < -0.39 is 5.63 Å². The minimum Gasteiger partial charge on any atom is -0.388 e. The van der Waals surface area contributed by atoms with Crippen LogP contribution >= 0.6 is 22.9 Å². The molecule has 0 amide bonds. The molecule has 0 radical (unpaired) electrons. The number of hydrogen-bond donors (Lipinski definition) is 1. The van der Waals surface area contributed by atoms with Crippen LogP contribution in [0.15, 0.2) is 63.1 Å². The van der Waals surface area contributed by atoms with E-state index in [0.29, 0.717) is 21.1 Å². The van der Waals surface area contributed by atoms with E-state index in [1.54, 1.807) is 18.2 Å². The lowest BCUT2D eigenvalue weighted by atomic mass is 10.2. The second kappa shape index (κ2) is 6.07. The average molecular weight is 356 g/mol. The maximum Gasteiger partial charge on any atom is 0.348 e. The highest BCUT2D eigenvalue weighted by molar-refractivity contribution is 7.14. The van der Waals surface area contributed by atoms with Gasteiger partial charge < -0.3 is 4.42 Å². The van der Waals surface area contributed by atoms with Gasteiger partial charge in [-0.25, -0.2) is 9.78 Å². The Hall–Kier alpha value is -2.70. The first kappa shape index (κ1) is 14.9. The molecule has 2 heterocycles. The molecule has 0 saturated heterocycles. The van der Waals surface area contributed by atoms with Gasteiger partial charge in [0.2, 0.25) is 0 Å². The molecular weight excluding hydrogens is 346 g/mol. The van der Waals surface area contributed by atoms with Crippen LogP contribution in [0.25, 0.3) is 22.2 Å². The molecule has 2 aromatic carbocycles. The van der Waals surface area contributed by atoms with E-state index >= 15 is 0 Å². The summed E-state index contributed by atoms with van der Waals surface area (Å²) < 4.78 is 5.20. The molecule has 24 heavy (non-hydrogen) atoms. The zero-order chi connectivity index (χ0) is 16.5. The van der Waals surface area contributed by atoms with Gasteiger partial charge in [0, 0.05) is 16.0 Å². The van der Waals surface area contributed by atoms with E-state index in [9.17, 15) is 4.79 Å². The standard InChI is InChI=1S/C17H10ClN3O2S/c18-12-7-3-1-5-10(12)14-9-24-17(20-14)21-16-19-13-8-4-2-6-11(13)15(22)23-16/h1-9H,(H,19,20,21). The Kier molecular flexibility index (Phi) is 3.76. The fraction of sp³-hybridized carbons (Fsp3) is 0. The topological polar surface area (TPSA) is 68.0 Å². The predicted octanol–water partition coefficient (Wildman–Crippen LogP) is 4.71. The summed E-state index contributed by atoms with van der Waals surface area (Å²) in [5.41, 5.74) is 1.72. The number of benzene rings is 2. The van der Waals surface area contributed by atoms with Gasteiger partial charge in [-0.3, -0.25) is 5.32 Å². The van der Waals surface area contributed by atoms with Crippen molar-refractivity contribution in [3.63, 3.8) is 0 Å². The Balaban J connectivity index is 1.67. The summed E-state index contributed by atoms with van der Waals surface area (Å²) in [5, 5.41) is 6.45. The number of fused-ring (bicyclic) bond motifs is 1. The molecule has 1 N–H and O–H groups in total. The first-order chi connectivity index (χ1) is 11.7. The maximum absolute atomic E-state index is 12.0. The Morgan fingerprint density at radius 1 is 1.04 bits per heavy atom. The van der Waals surface area contributed by atoms with Crippen LogP contribution < -0.4 is 10.9 Å². The number of nitrogens with one attached hydrogen (secondary N) is 1. The van der Waals surface area contributed by atoms with Gasteiger partial charge in [-0.05, 0) is 18.2 Å². The quantitative estimate of drug-likeness (QED) is 0.576. The number of hydrogen-bond acceptors (Lipinski definition) is 6. The lowest BCUT2D eigenvalue weighted by Crippen LogP contribution is -2.04. The molecule has 5 nitrogen and oxygen atoms in total.